The molecule has 0 saturated carbocycles. The average molecular weight is 373 g/mol. The summed E-state index contributed by atoms with van der Waals surface area (Å²) in [6.07, 6.45) is 0. The molecule has 3 N–H and O–H groups in total. The van der Waals surface area contributed by atoms with Gasteiger partial charge in [-0.2, -0.15) is 0 Å². The first-order valence-corrected chi connectivity index (χ1v) is 9.00. The molecule has 0 saturated heterocycles. The van der Waals surface area contributed by atoms with Gasteiger partial charge < -0.3 is 15.6 Å². The third-order valence-corrected chi connectivity index (χ3v) is 5.13. The van der Waals surface area contributed by atoms with Crippen molar-refractivity contribution in [1.82, 2.24) is 0 Å². The van der Waals surface area contributed by atoms with Crippen molar-refractivity contribution in [2.75, 3.05) is 6.61 Å². The number of carbonyl (C=O) groups excluding carboxylic acids is 1. The van der Waals surface area contributed by atoms with E-state index in [-0.39, 0.29) is 18.1 Å². The number of nitrogens with two attached hydrogens (primary N) is 1. The largest absolute Gasteiger partial charge is 0.478 e. The Morgan fingerprint density at radius 3 is 1.96 bits per heavy atom. The van der Waals surface area contributed by atoms with E-state index < -0.39 is 18.0 Å². The van der Waals surface area contributed by atoms with Crippen LogP contribution in [-0.4, -0.2) is 23.7 Å². The Bertz CT molecular complexity index is 997. The molecule has 4 rings (SSSR count). The van der Waals surface area contributed by atoms with Crippen LogP contribution in [0.4, 0.5) is 0 Å². The minimum atomic E-state index is -1.03. The summed E-state index contributed by atoms with van der Waals surface area (Å²) in [6.45, 7) is 0.202. The fourth-order valence-electron chi connectivity index (χ4n) is 3.66. The lowest BCUT2D eigenvalue weighted by atomic mass is 9.98. The van der Waals surface area contributed by atoms with Crippen LogP contribution in [0.1, 0.15) is 39.0 Å². The summed E-state index contributed by atoms with van der Waals surface area (Å²) < 4.78 is 5.55. The molecule has 0 bridgehead atoms. The summed E-state index contributed by atoms with van der Waals surface area (Å²) >= 11 is 0. The summed E-state index contributed by atoms with van der Waals surface area (Å²) in [7, 11) is 0. The number of hydrogen-bond donors (Lipinski definition) is 2. The van der Waals surface area contributed by atoms with Crippen molar-refractivity contribution in [2.45, 2.75) is 12.0 Å². The van der Waals surface area contributed by atoms with Crippen LogP contribution >= 0.6 is 0 Å². The van der Waals surface area contributed by atoms with E-state index in [1.54, 1.807) is 0 Å². The maximum absolute atomic E-state index is 12.5. The van der Waals surface area contributed by atoms with Crippen molar-refractivity contribution in [3.8, 4) is 11.1 Å². The molecule has 0 spiro atoms. The monoisotopic (exact) mass is 373 g/mol. The fraction of sp³-hybridized carbons (Fsp3) is 0.130. The molecule has 0 unspecified atom stereocenters. The lowest BCUT2D eigenvalue weighted by molar-refractivity contribution is -0.145. The zero-order valence-corrected chi connectivity index (χ0v) is 15.0. The molecule has 0 radical (unpaired) electrons. The van der Waals surface area contributed by atoms with Crippen LogP contribution in [0.15, 0.2) is 72.8 Å². The number of hydrogen-bond acceptors (Lipinski definition) is 4. The molecule has 140 valence electrons. The molecule has 1 aliphatic rings. The number of ether oxygens (including phenoxy) is 1. The number of aromatic carboxylic acids is 1. The zero-order valence-electron chi connectivity index (χ0n) is 15.0. The number of esters is 1. The molecule has 3 aromatic rings. The smallest absolute Gasteiger partial charge is 0.335 e. The second-order valence-corrected chi connectivity index (χ2v) is 6.76. The van der Waals surface area contributed by atoms with Gasteiger partial charge in [-0.1, -0.05) is 60.7 Å². The van der Waals surface area contributed by atoms with E-state index in [9.17, 15) is 9.59 Å². The zero-order chi connectivity index (χ0) is 19.7. The molecule has 0 amide bonds. The standard InChI is InChI=1S/C23H19NO4/c24-21(14-9-11-15(12-10-14)22(25)26)23(27)28-13-20-18-7-3-1-5-16(18)17-6-2-4-8-19(17)20/h1-12,20-21H,13,24H2,(H,25,26)/t21-/m0/s1. The molecular formula is C23H19NO4. The second kappa shape index (κ2) is 7.29. The minimum Gasteiger partial charge on any atom is -0.478 e. The molecule has 0 heterocycles. The first-order valence-electron chi connectivity index (χ1n) is 9.00. The van der Waals surface area contributed by atoms with Crippen LogP contribution < -0.4 is 5.73 Å². The van der Waals surface area contributed by atoms with E-state index in [1.165, 1.54) is 24.3 Å². The molecule has 0 aliphatic heterocycles. The SMILES string of the molecule is N[C@H](C(=O)OCC1c2ccccc2-c2ccccc21)c1ccc(C(=O)O)cc1. The number of carboxylic acid groups (broad SMARTS) is 1. The number of rotatable bonds is 5. The topological polar surface area (TPSA) is 89.6 Å². The number of carboxylic acids is 1. The number of carbonyl (C=O) groups is 2. The molecule has 0 aromatic heterocycles. The first kappa shape index (κ1) is 17.9. The van der Waals surface area contributed by atoms with Crippen LogP contribution in [0, 0.1) is 0 Å². The predicted octanol–water partition coefficient (Wildman–Crippen LogP) is 3.74. The summed E-state index contributed by atoms with van der Waals surface area (Å²) in [5, 5.41) is 8.97. The highest BCUT2D eigenvalue weighted by atomic mass is 16.5. The van der Waals surface area contributed by atoms with Gasteiger partial charge in [-0.15, -0.1) is 0 Å². The van der Waals surface area contributed by atoms with E-state index in [2.05, 4.69) is 24.3 Å². The maximum Gasteiger partial charge on any atom is 0.335 e. The quantitative estimate of drug-likeness (QED) is 0.665. The van der Waals surface area contributed by atoms with Gasteiger partial charge >= 0.3 is 11.9 Å². The molecule has 1 atom stereocenters. The van der Waals surface area contributed by atoms with Crippen molar-refractivity contribution in [2.24, 2.45) is 5.73 Å². The molecule has 28 heavy (non-hydrogen) atoms. The summed E-state index contributed by atoms with van der Waals surface area (Å²) in [4.78, 5) is 23.4. The predicted molar refractivity (Wildman–Crippen MR) is 105 cm³/mol. The van der Waals surface area contributed by atoms with Gasteiger partial charge in [0, 0.05) is 5.92 Å². The van der Waals surface area contributed by atoms with Crippen molar-refractivity contribution in [1.29, 1.82) is 0 Å². The number of benzene rings is 3. The van der Waals surface area contributed by atoms with E-state index in [4.69, 9.17) is 15.6 Å². The molecule has 3 aromatic carbocycles. The Morgan fingerprint density at radius 2 is 1.43 bits per heavy atom. The molecule has 5 heteroatoms. The van der Waals surface area contributed by atoms with Gasteiger partial charge in [-0.3, -0.25) is 0 Å². The van der Waals surface area contributed by atoms with Gasteiger partial charge in [0.1, 0.15) is 12.6 Å². The Hall–Kier alpha value is -3.44. The second-order valence-electron chi connectivity index (χ2n) is 6.76. The van der Waals surface area contributed by atoms with E-state index in [0.717, 1.165) is 22.3 Å². The summed E-state index contributed by atoms with van der Waals surface area (Å²) in [5.41, 5.74) is 11.3. The van der Waals surface area contributed by atoms with Gasteiger partial charge in [0.25, 0.3) is 0 Å². The van der Waals surface area contributed by atoms with Crippen LogP contribution in [-0.2, 0) is 9.53 Å². The van der Waals surface area contributed by atoms with Crippen molar-refractivity contribution in [3.63, 3.8) is 0 Å². The number of fused-ring (bicyclic) bond motifs is 3. The Morgan fingerprint density at radius 1 is 0.893 bits per heavy atom. The highest BCUT2D eigenvalue weighted by molar-refractivity contribution is 5.88. The third-order valence-electron chi connectivity index (χ3n) is 5.13. The lowest BCUT2D eigenvalue weighted by Crippen LogP contribution is -2.25. The highest BCUT2D eigenvalue weighted by Crippen LogP contribution is 2.44. The minimum absolute atomic E-state index is 0.0297. The summed E-state index contributed by atoms with van der Waals surface area (Å²) in [5.74, 6) is -1.59. The van der Waals surface area contributed by atoms with Crippen molar-refractivity contribution >= 4 is 11.9 Å². The van der Waals surface area contributed by atoms with Gasteiger partial charge in [0.15, 0.2) is 0 Å². The van der Waals surface area contributed by atoms with Gasteiger partial charge in [0.2, 0.25) is 0 Å². The summed E-state index contributed by atoms with van der Waals surface area (Å²) in [6, 6.07) is 21.2. The fourth-order valence-corrected chi connectivity index (χ4v) is 3.66. The van der Waals surface area contributed by atoms with Gasteiger partial charge in [-0.25, -0.2) is 9.59 Å². The molecular weight excluding hydrogens is 354 g/mol. The van der Waals surface area contributed by atoms with E-state index in [0.29, 0.717) is 5.56 Å². The van der Waals surface area contributed by atoms with Gasteiger partial charge in [0.05, 0.1) is 5.56 Å². The van der Waals surface area contributed by atoms with Gasteiger partial charge in [-0.05, 0) is 39.9 Å². The van der Waals surface area contributed by atoms with Crippen LogP contribution in [0.25, 0.3) is 11.1 Å². The lowest BCUT2D eigenvalue weighted by Gasteiger charge is -2.17. The third kappa shape index (κ3) is 3.17. The van der Waals surface area contributed by atoms with Crippen molar-refractivity contribution < 1.29 is 19.4 Å². The normalized spacial score (nSPS) is 13.5. The maximum atomic E-state index is 12.5. The Labute approximate surface area is 162 Å². The Kier molecular flexibility index (Phi) is 4.67. The molecule has 5 nitrogen and oxygen atoms in total. The van der Waals surface area contributed by atoms with Crippen LogP contribution in [0.2, 0.25) is 0 Å². The van der Waals surface area contributed by atoms with Crippen molar-refractivity contribution in [3.05, 3.63) is 95.1 Å². The average Bonchev–Trinajstić information content (AvgIpc) is 3.05. The van der Waals surface area contributed by atoms with E-state index >= 15 is 0 Å². The molecule has 0 fully saturated rings. The first-order chi connectivity index (χ1) is 13.6. The van der Waals surface area contributed by atoms with Crippen LogP contribution in [0.5, 0.6) is 0 Å². The highest BCUT2D eigenvalue weighted by Gasteiger charge is 2.29. The van der Waals surface area contributed by atoms with E-state index in [1.807, 2.05) is 24.3 Å². The molecule has 1 aliphatic carbocycles. The Balaban J connectivity index is 1.50. The van der Waals surface area contributed by atoms with Crippen LogP contribution in [0.3, 0.4) is 0 Å².